The molecule has 2 heterocycles. The first-order valence-electron chi connectivity index (χ1n) is 10.0. The molecule has 1 aromatic heterocycles. The average Bonchev–Trinajstić information content (AvgIpc) is 3.33. The normalized spacial score (nSPS) is 14.5. The Hall–Kier alpha value is -3.14. The van der Waals surface area contributed by atoms with Gasteiger partial charge in [0.15, 0.2) is 11.0 Å². The van der Waals surface area contributed by atoms with Crippen LogP contribution in [0, 0.1) is 0 Å². The van der Waals surface area contributed by atoms with Crippen molar-refractivity contribution < 1.29 is 13.2 Å². The van der Waals surface area contributed by atoms with Gasteiger partial charge in [-0.15, -0.1) is 10.2 Å². The van der Waals surface area contributed by atoms with Gasteiger partial charge in [-0.05, 0) is 48.5 Å². The van der Waals surface area contributed by atoms with Gasteiger partial charge < -0.3 is 0 Å². The first-order valence-corrected chi connectivity index (χ1v) is 12.8. The topological polar surface area (TPSA) is 85.2 Å². The minimum absolute atomic E-state index is 0.0262. The molecule has 0 fully saturated rings. The summed E-state index contributed by atoms with van der Waals surface area (Å²) in [4.78, 5) is 12.7. The van der Waals surface area contributed by atoms with E-state index >= 15 is 0 Å². The van der Waals surface area contributed by atoms with Crippen molar-refractivity contribution in [3.05, 3.63) is 89.4 Å². The Bertz CT molecular complexity index is 1440. The van der Waals surface area contributed by atoms with E-state index < -0.39 is 15.9 Å². The molecule has 3 aromatic carbocycles. The molecule has 1 aliphatic heterocycles. The first kappa shape index (κ1) is 21.7. The van der Waals surface area contributed by atoms with Crippen molar-refractivity contribution >= 4 is 39.3 Å². The Labute approximate surface area is 200 Å². The highest BCUT2D eigenvalue weighted by molar-refractivity contribution is 7.99. The molecule has 0 saturated carbocycles. The highest BCUT2D eigenvalue weighted by Gasteiger charge is 2.40. The highest BCUT2D eigenvalue weighted by atomic mass is 35.5. The third-order valence-corrected chi connectivity index (χ3v) is 8.19. The molecule has 1 aliphatic rings. The Balaban J connectivity index is 1.42. The van der Waals surface area contributed by atoms with Gasteiger partial charge in [0.05, 0.1) is 5.56 Å². The molecule has 4 aromatic rings. The summed E-state index contributed by atoms with van der Waals surface area (Å²) >= 11 is 7.37. The Morgan fingerprint density at radius 1 is 0.879 bits per heavy atom. The second kappa shape index (κ2) is 8.66. The lowest BCUT2D eigenvalue weighted by molar-refractivity contribution is 0.0876. The van der Waals surface area contributed by atoms with E-state index in [1.54, 1.807) is 24.3 Å². The number of hydrogen-bond donors (Lipinski definition) is 0. The molecular weight excluding hydrogens is 480 g/mol. The van der Waals surface area contributed by atoms with Crippen LogP contribution < -0.4 is 0 Å². The number of aromatic nitrogens is 3. The van der Waals surface area contributed by atoms with Crippen LogP contribution in [0.2, 0.25) is 5.02 Å². The van der Waals surface area contributed by atoms with Gasteiger partial charge in [-0.3, -0.25) is 9.36 Å². The van der Waals surface area contributed by atoms with Crippen LogP contribution >= 0.6 is 23.4 Å². The molecule has 5 rings (SSSR count). The second-order valence-electron chi connectivity index (χ2n) is 7.21. The molecule has 10 heteroatoms. The Kier molecular flexibility index (Phi) is 5.69. The lowest BCUT2D eigenvalue weighted by Gasteiger charge is -2.15. The third-order valence-electron chi connectivity index (χ3n) is 5.19. The van der Waals surface area contributed by atoms with Crippen LogP contribution in [0.25, 0.3) is 17.1 Å². The summed E-state index contributed by atoms with van der Waals surface area (Å²) in [5.74, 6) is 0.458. The van der Waals surface area contributed by atoms with Crippen molar-refractivity contribution in [3.8, 4) is 17.1 Å². The van der Waals surface area contributed by atoms with Gasteiger partial charge in [-0.2, -0.15) is 0 Å². The van der Waals surface area contributed by atoms with Crippen LogP contribution in [0.1, 0.15) is 10.4 Å². The number of rotatable bonds is 6. The zero-order valence-electron chi connectivity index (χ0n) is 17.1. The highest BCUT2D eigenvalue weighted by Crippen LogP contribution is 2.32. The predicted octanol–water partition coefficient (Wildman–Crippen LogP) is 4.52. The van der Waals surface area contributed by atoms with Crippen LogP contribution in [-0.4, -0.2) is 45.7 Å². The number of thioether (sulfide) groups is 1. The number of halogens is 1. The molecule has 0 bridgehead atoms. The van der Waals surface area contributed by atoms with Gasteiger partial charge in [-0.1, -0.05) is 53.7 Å². The summed E-state index contributed by atoms with van der Waals surface area (Å²) in [5.41, 5.74) is 1.92. The van der Waals surface area contributed by atoms with E-state index in [1.807, 2.05) is 47.0 Å². The van der Waals surface area contributed by atoms with Gasteiger partial charge in [0.2, 0.25) is 0 Å². The zero-order chi connectivity index (χ0) is 23.0. The summed E-state index contributed by atoms with van der Waals surface area (Å²) in [6.45, 7) is 0.0262. The van der Waals surface area contributed by atoms with E-state index in [0.29, 0.717) is 21.8 Å². The summed E-state index contributed by atoms with van der Waals surface area (Å²) in [5, 5.41) is 9.92. The van der Waals surface area contributed by atoms with Crippen LogP contribution in [0.3, 0.4) is 0 Å². The number of nitrogens with zero attached hydrogens (tertiary/aromatic N) is 4. The fraction of sp³-hybridized carbons (Fsp3) is 0.0870. The van der Waals surface area contributed by atoms with Crippen molar-refractivity contribution in [2.75, 3.05) is 12.3 Å². The van der Waals surface area contributed by atoms with Crippen LogP contribution in [-0.2, 0) is 10.0 Å². The van der Waals surface area contributed by atoms with Gasteiger partial charge >= 0.3 is 0 Å². The number of benzene rings is 3. The van der Waals surface area contributed by atoms with E-state index in [0.717, 1.165) is 15.6 Å². The maximum Gasteiger partial charge on any atom is 0.269 e. The minimum Gasteiger partial charge on any atom is -0.270 e. The van der Waals surface area contributed by atoms with Crippen LogP contribution in [0.15, 0.2) is 88.9 Å². The van der Waals surface area contributed by atoms with Crippen LogP contribution in [0.4, 0.5) is 0 Å². The van der Waals surface area contributed by atoms with Gasteiger partial charge in [0, 0.05) is 28.6 Å². The molecule has 0 aliphatic carbocycles. The lowest BCUT2D eigenvalue weighted by atomic mass is 10.2. The SMILES string of the molecule is O=C1c2ccccc2S(=O)(=O)N1CCSc1nnc(-c2ccc(Cl)cc2)n1-c1ccccc1. The average molecular weight is 497 g/mol. The summed E-state index contributed by atoms with van der Waals surface area (Å²) < 4.78 is 28.4. The molecule has 7 nitrogen and oxygen atoms in total. The number of amides is 1. The Morgan fingerprint density at radius 2 is 1.58 bits per heavy atom. The minimum atomic E-state index is -3.84. The standard InChI is InChI=1S/C23H17ClN4O3S2/c24-17-12-10-16(11-13-17)21-25-26-23(28(21)18-6-2-1-3-7-18)32-15-14-27-22(29)19-8-4-5-9-20(19)33(27,30)31/h1-13H,14-15H2. The van der Waals surface area contributed by atoms with Gasteiger partial charge in [0.1, 0.15) is 4.90 Å². The monoisotopic (exact) mass is 496 g/mol. The molecule has 0 saturated heterocycles. The van der Waals surface area contributed by atoms with Gasteiger partial charge in [0.25, 0.3) is 15.9 Å². The van der Waals surface area contributed by atoms with E-state index in [2.05, 4.69) is 10.2 Å². The lowest BCUT2D eigenvalue weighted by Crippen LogP contribution is -2.32. The van der Waals surface area contributed by atoms with Crippen molar-refractivity contribution in [3.63, 3.8) is 0 Å². The van der Waals surface area contributed by atoms with E-state index in [-0.39, 0.29) is 17.0 Å². The number of carbonyl (C=O) groups is 1. The zero-order valence-corrected chi connectivity index (χ0v) is 19.5. The van der Waals surface area contributed by atoms with Crippen molar-refractivity contribution in [2.45, 2.75) is 10.1 Å². The van der Waals surface area contributed by atoms with Crippen molar-refractivity contribution in [1.29, 1.82) is 0 Å². The van der Waals surface area contributed by atoms with E-state index in [4.69, 9.17) is 11.6 Å². The molecule has 33 heavy (non-hydrogen) atoms. The van der Waals surface area contributed by atoms with Gasteiger partial charge in [-0.25, -0.2) is 12.7 Å². The Morgan fingerprint density at radius 3 is 2.30 bits per heavy atom. The van der Waals surface area contributed by atoms with Crippen molar-refractivity contribution in [2.24, 2.45) is 0 Å². The summed E-state index contributed by atoms with van der Waals surface area (Å²) in [6.07, 6.45) is 0. The number of sulfonamides is 1. The second-order valence-corrected chi connectivity index (χ2v) is 10.5. The fourth-order valence-electron chi connectivity index (χ4n) is 3.63. The fourth-order valence-corrected chi connectivity index (χ4v) is 6.32. The largest absolute Gasteiger partial charge is 0.270 e. The van der Waals surface area contributed by atoms with Crippen LogP contribution in [0.5, 0.6) is 0 Å². The third kappa shape index (κ3) is 3.92. The molecule has 0 radical (unpaired) electrons. The number of para-hydroxylation sites is 1. The van der Waals surface area contributed by atoms with E-state index in [1.165, 1.54) is 23.9 Å². The smallest absolute Gasteiger partial charge is 0.269 e. The quantitative estimate of drug-likeness (QED) is 0.365. The van der Waals surface area contributed by atoms with E-state index in [9.17, 15) is 13.2 Å². The number of hydrogen-bond acceptors (Lipinski definition) is 6. The maximum atomic E-state index is 12.8. The predicted molar refractivity (Wildman–Crippen MR) is 127 cm³/mol. The number of carbonyl (C=O) groups excluding carboxylic acids is 1. The summed E-state index contributed by atoms with van der Waals surface area (Å²) in [7, 11) is -3.84. The molecule has 1 amide bonds. The first-order chi connectivity index (χ1) is 16.0. The molecule has 0 unspecified atom stereocenters. The number of fused-ring (bicyclic) bond motifs is 1. The molecule has 0 N–H and O–H groups in total. The molecule has 0 spiro atoms. The summed E-state index contributed by atoms with van der Waals surface area (Å²) in [6, 6.07) is 23.2. The van der Waals surface area contributed by atoms with Crippen molar-refractivity contribution in [1.82, 2.24) is 19.1 Å². The molecular formula is C23H17ClN4O3S2. The maximum absolute atomic E-state index is 12.8. The molecule has 0 atom stereocenters. The molecule has 166 valence electrons.